The summed E-state index contributed by atoms with van der Waals surface area (Å²) in [6.45, 7) is 13.9. The Bertz CT molecular complexity index is 244. The quantitative estimate of drug-likeness (QED) is 0.639. The van der Waals surface area contributed by atoms with E-state index in [1.54, 1.807) is 0 Å². The summed E-state index contributed by atoms with van der Waals surface area (Å²) in [5, 5.41) is 0. The molecule has 1 heterocycles. The number of ether oxygens (including phenoxy) is 1. The van der Waals surface area contributed by atoms with Crippen LogP contribution in [0.5, 0.6) is 0 Å². The van der Waals surface area contributed by atoms with Crippen molar-refractivity contribution in [3.05, 3.63) is 36.1 Å². The monoisotopic (exact) mass is 194 g/mol. The molecule has 0 N–H and O–H groups in total. The van der Waals surface area contributed by atoms with Crippen molar-refractivity contribution in [2.75, 3.05) is 0 Å². The predicted octanol–water partition coefficient (Wildman–Crippen LogP) is 4.23. The van der Waals surface area contributed by atoms with E-state index in [-0.39, 0.29) is 5.60 Å². The van der Waals surface area contributed by atoms with Crippen molar-refractivity contribution in [2.24, 2.45) is 0 Å². The van der Waals surface area contributed by atoms with Gasteiger partial charge in [-0.15, -0.1) is 0 Å². The lowest BCUT2D eigenvalue weighted by Gasteiger charge is -2.18. The molecule has 80 valence electrons. The maximum Gasteiger partial charge on any atom is 0.123 e. The molecule has 1 aliphatic heterocycles. The third-order valence-electron chi connectivity index (χ3n) is 1.88. The highest BCUT2D eigenvalue weighted by Crippen LogP contribution is 2.34. The van der Waals surface area contributed by atoms with Gasteiger partial charge >= 0.3 is 0 Å². The molecule has 0 bridgehead atoms. The first kappa shape index (κ1) is 13.0. The van der Waals surface area contributed by atoms with Crippen LogP contribution in [0.2, 0.25) is 0 Å². The molecule has 0 saturated heterocycles. The molecule has 0 spiro atoms. The minimum absolute atomic E-state index is 0.0572. The van der Waals surface area contributed by atoms with Gasteiger partial charge in [-0.3, -0.25) is 0 Å². The molecule has 14 heavy (non-hydrogen) atoms. The Balaban J connectivity index is 0.000000791. The average Bonchev–Trinajstić information content (AvgIpc) is 2.45. The Morgan fingerprint density at radius 1 is 1.36 bits per heavy atom. The highest BCUT2D eigenvalue weighted by Gasteiger charge is 2.29. The molecule has 0 aliphatic carbocycles. The third kappa shape index (κ3) is 3.41. The summed E-state index contributed by atoms with van der Waals surface area (Å²) >= 11 is 0. The zero-order valence-electron chi connectivity index (χ0n) is 10.1. The maximum absolute atomic E-state index is 5.71. The Morgan fingerprint density at radius 3 is 2.36 bits per heavy atom. The fourth-order valence-electron chi connectivity index (χ4n) is 1.41. The lowest BCUT2D eigenvalue weighted by molar-refractivity contribution is 0.0683. The summed E-state index contributed by atoms with van der Waals surface area (Å²) in [5.74, 6) is 0.970. The van der Waals surface area contributed by atoms with Gasteiger partial charge < -0.3 is 4.74 Å². The summed E-state index contributed by atoms with van der Waals surface area (Å²) < 4.78 is 5.71. The van der Waals surface area contributed by atoms with Gasteiger partial charge in [-0.1, -0.05) is 32.6 Å². The summed E-state index contributed by atoms with van der Waals surface area (Å²) in [5.41, 5.74) is 1.15. The molecule has 0 atom stereocenters. The van der Waals surface area contributed by atoms with Gasteiger partial charge in [-0.2, -0.15) is 0 Å². The standard InChI is InChI=1S/C11H16O.C2H6/c1-5-7-10-9(6-2)8-11(3,4)12-10;1-2/h5-7H,2,8H2,1,3-4H3;1-2H3/b7-5-;. The smallest absolute Gasteiger partial charge is 0.123 e. The first-order valence-corrected chi connectivity index (χ1v) is 5.26. The van der Waals surface area contributed by atoms with Crippen molar-refractivity contribution >= 4 is 0 Å². The SMILES string of the molecule is C=CC1=C(/C=C\C)OC(C)(C)C1.CC. The average molecular weight is 194 g/mol. The first-order chi connectivity index (χ1) is 6.59. The van der Waals surface area contributed by atoms with Crippen LogP contribution < -0.4 is 0 Å². The van der Waals surface area contributed by atoms with Gasteiger partial charge in [0.15, 0.2) is 0 Å². The van der Waals surface area contributed by atoms with Gasteiger partial charge in [0, 0.05) is 6.42 Å². The Hall–Kier alpha value is -0.980. The van der Waals surface area contributed by atoms with Gasteiger partial charge in [0.2, 0.25) is 0 Å². The van der Waals surface area contributed by atoms with Crippen LogP contribution in [0.4, 0.5) is 0 Å². The summed E-state index contributed by atoms with van der Waals surface area (Å²) in [7, 11) is 0. The second kappa shape index (κ2) is 5.69. The number of hydrogen-bond donors (Lipinski definition) is 0. The molecule has 1 rings (SSSR count). The van der Waals surface area contributed by atoms with Crippen molar-refractivity contribution in [3.63, 3.8) is 0 Å². The minimum Gasteiger partial charge on any atom is -0.487 e. The highest BCUT2D eigenvalue weighted by molar-refractivity contribution is 5.33. The second-order valence-electron chi connectivity index (χ2n) is 3.63. The van der Waals surface area contributed by atoms with Crippen LogP contribution in [0.3, 0.4) is 0 Å². The van der Waals surface area contributed by atoms with Crippen LogP contribution in [0, 0.1) is 0 Å². The lowest BCUT2D eigenvalue weighted by atomic mass is 10.0. The maximum atomic E-state index is 5.71. The topological polar surface area (TPSA) is 9.23 Å². The molecule has 0 saturated carbocycles. The number of allylic oxidation sites excluding steroid dienone is 3. The van der Waals surface area contributed by atoms with Crippen LogP contribution >= 0.6 is 0 Å². The van der Waals surface area contributed by atoms with E-state index in [4.69, 9.17) is 4.74 Å². The van der Waals surface area contributed by atoms with E-state index in [9.17, 15) is 0 Å². The largest absolute Gasteiger partial charge is 0.487 e. The van der Waals surface area contributed by atoms with E-state index in [1.165, 1.54) is 5.57 Å². The van der Waals surface area contributed by atoms with Gasteiger partial charge in [-0.25, -0.2) is 0 Å². The molecule has 1 aliphatic rings. The van der Waals surface area contributed by atoms with Crippen LogP contribution in [-0.2, 0) is 4.74 Å². The van der Waals surface area contributed by atoms with Crippen molar-refractivity contribution in [1.29, 1.82) is 0 Å². The Labute approximate surface area is 88.2 Å². The molecule has 0 aromatic carbocycles. The van der Waals surface area contributed by atoms with Gasteiger partial charge in [-0.05, 0) is 32.4 Å². The fraction of sp³-hybridized carbons (Fsp3) is 0.538. The fourth-order valence-corrected chi connectivity index (χ4v) is 1.41. The van der Waals surface area contributed by atoms with E-state index >= 15 is 0 Å². The van der Waals surface area contributed by atoms with E-state index in [2.05, 4.69) is 20.4 Å². The van der Waals surface area contributed by atoms with Crippen LogP contribution in [0.1, 0.15) is 41.0 Å². The molecular weight excluding hydrogens is 172 g/mol. The molecule has 0 fully saturated rings. The zero-order chi connectivity index (χ0) is 11.2. The molecule has 1 heteroatoms. The lowest BCUT2D eigenvalue weighted by Crippen LogP contribution is -2.17. The molecule has 0 amide bonds. The van der Waals surface area contributed by atoms with E-state index < -0.39 is 0 Å². The second-order valence-corrected chi connectivity index (χ2v) is 3.63. The molecule has 0 unspecified atom stereocenters. The van der Waals surface area contributed by atoms with Crippen LogP contribution in [0.25, 0.3) is 0 Å². The number of hydrogen-bond acceptors (Lipinski definition) is 1. The molecule has 1 nitrogen and oxygen atoms in total. The van der Waals surface area contributed by atoms with E-state index in [0.717, 1.165) is 12.2 Å². The van der Waals surface area contributed by atoms with Crippen LogP contribution in [0.15, 0.2) is 36.1 Å². The molecule has 0 aromatic rings. The minimum atomic E-state index is -0.0572. The summed E-state index contributed by atoms with van der Waals surface area (Å²) in [6, 6.07) is 0. The van der Waals surface area contributed by atoms with Crippen molar-refractivity contribution < 1.29 is 4.74 Å². The Morgan fingerprint density at radius 2 is 1.93 bits per heavy atom. The van der Waals surface area contributed by atoms with Crippen molar-refractivity contribution in [3.8, 4) is 0 Å². The first-order valence-electron chi connectivity index (χ1n) is 5.26. The summed E-state index contributed by atoms with van der Waals surface area (Å²) in [4.78, 5) is 0. The number of rotatable bonds is 2. The van der Waals surface area contributed by atoms with Crippen molar-refractivity contribution in [1.82, 2.24) is 0 Å². The summed E-state index contributed by atoms with van der Waals surface area (Å²) in [6.07, 6.45) is 6.81. The predicted molar refractivity (Wildman–Crippen MR) is 63.2 cm³/mol. The van der Waals surface area contributed by atoms with E-state index in [0.29, 0.717) is 0 Å². The normalized spacial score (nSPS) is 18.9. The van der Waals surface area contributed by atoms with Crippen LogP contribution in [-0.4, -0.2) is 5.60 Å². The van der Waals surface area contributed by atoms with E-state index in [1.807, 2.05) is 39.0 Å². The van der Waals surface area contributed by atoms with Crippen molar-refractivity contribution in [2.45, 2.75) is 46.6 Å². The van der Waals surface area contributed by atoms with Gasteiger partial charge in [0.25, 0.3) is 0 Å². The zero-order valence-corrected chi connectivity index (χ0v) is 10.1. The third-order valence-corrected chi connectivity index (χ3v) is 1.88. The van der Waals surface area contributed by atoms with Gasteiger partial charge in [0.05, 0.1) is 0 Å². The molecular formula is C13H22O. The van der Waals surface area contributed by atoms with Gasteiger partial charge in [0.1, 0.15) is 11.4 Å². The molecule has 0 radical (unpaired) electrons. The highest BCUT2D eigenvalue weighted by atomic mass is 16.5. The Kier molecular flexibility index (Phi) is 5.29. The molecule has 0 aromatic heterocycles.